The molecular formula is C15H26N4O. The van der Waals surface area contributed by atoms with E-state index in [0.717, 1.165) is 26.2 Å². The first-order chi connectivity index (χ1) is 9.70. The predicted molar refractivity (Wildman–Crippen MR) is 81.8 cm³/mol. The molecule has 0 bridgehead atoms. The van der Waals surface area contributed by atoms with Crippen molar-refractivity contribution >= 4 is 11.6 Å². The van der Waals surface area contributed by atoms with Gasteiger partial charge in [0, 0.05) is 25.8 Å². The molecule has 1 aliphatic rings. The monoisotopic (exact) mass is 278 g/mol. The highest BCUT2D eigenvalue weighted by Crippen LogP contribution is 2.11. The fraction of sp³-hybridized carbons (Fsp3) is 0.667. The molecule has 0 radical (unpaired) electrons. The van der Waals surface area contributed by atoms with Gasteiger partial charge in [0.1, 0.15) is 5.69 Å². The average molecular weight is 278 g/mol. The Hall–Kier alpha value is -1.49. The van der Waals surface area contributed by atoms with Gasteiger partial charge in [-0.2, -0.15) is 0 Å². The van der Waals surface area contributed by atoms with Crippen LogP contribution in [-0.4, -0.2) is 41.6 Å². The lowest BCUT2D eigenvalue weighted by Gasteiger charge is -2.19. The average Bonchev–Trinajstić information content (AvgIpc) is 2.64. The molecule has 1 saturated heterocycles. The van der Waals surface area contributed by atoms with Gasteiger partial charge in [-0.15, -0.1) is 0 Å². The Balaban J connectivity index is 1.79. The minimum Gasteiger partial charge on any atom is -0.397 e. The molecule has 1 amide bonds. The molecule has 3 N–H and O–H groups in total. The molecule has 0 saturated carbocycles. The fourth-order valence-electron chi connectivity index (χ4n) is 2.76. The normalized spacial score (nSPS) is 16.9. The minimum atomic E-state index is -0.0293. The fourth-order valence-corrected chi connectivity index (χ4v) is 2.76. The Morgan fingerprint density at radius 3 is 2.65 bits per heavy atom. The maximum atomic E-state index is 12.1. The Morgan fingerprint density at radius 2 is 2.00 bits per heavy atom. The maximum absolute atomic E-state index is 12.1. The molecule has 0 atom stereocenters. The molecule has 0 aromatic carbocycles. The van der Waals surface area contributed by atoms with E-state index in [4.69, 9.17) is 5.73 Å². The van der Waals surface area contributed by atoms with Crippen LogP contribution in [0, 0.1) is 0 Å². The van der Waals surface area contributed by atoms with Gasteiger partial charge in [-0.3, -0.25) is 4.79 Å². The van der Waals surface area contributed by atoms with Crippen LogP contribution >= 0.6 is 0 Å². The summed E-state index contributed by atoms with van der Waals surface area (Å²) in [5.74, 6) is -0.0293. The Labute approximate surface area is 121 Å². The second-order valence-corrected chi connectivity index (χ2v) is 5.46. The number of aryl methyl sites for hydroxylation is 1. The van der Waals surface area contributed by atoms with E-state index < -0.39 is 0 Å². The highest BCUT2D eigenvalue weighted by Gasteiger charge is 2.13. The molecule has 20 heavy (non-hydrogen) atoms. The van der Waals surface area contributed by atoms with E-state index in [2.05, 4.69) is 10.2 Å². The highest BCUT2D eigenvalue weighted by atomic mass is 16.1. The SMILES string of the molecule is CCn1cc(N)cc1C(=O)NCCN1CCCCCC1. The van der Waals surface area contributed by atoms with Gasteiger partial charge in [-0.1, -0.05) is 12.8 Å². The Morgan fingerprint density at radius 1 is 1.30 bits per heavy atom. The lowest BCUT2D eigenvalue weighted by Crippen LogP contribution is -2.36. The van der Waals surface area contributed by atoms with E-state index in [1.165, 1.54) is 25.7 Å². The molecule has 5 heteroatoms. The van der Waals surface area contributed by atoms with Crippen molar-refractivity contribution in [2.75, 3.05) is 31.9 Å². The van der Waals surface area contributed by atoms with E-state index in [-0.39, 0.29) is 5.91 Å². The van der Waals surface area contributed by atoms with Crippen LogP contribution in [0.5, 0.6) is 0 Å². The third-order valence-electron chi connectivity index (χ3n) is 3.90. The van der Waals surface area contributed by atoms with Crippen LogP contribution in [0.2, 0.25) is 0 Å². The topological polar surface area (TPSA) is 63.3 Å². The Kier molecular flexibility index (Phi) is 5.47. The number of hydrogen-bond acceptors (Lipinski definition) is 3. The predicted octanol–water partition coefficient (Wildman–Crippen LogP) is 1.70. The highest BCUT2D eigenvalue weighted by molar-refractivity contribution is 5.93. The van der Waals surface area contributed by atoms with Crippen molar-refractivity contribution in [3.05, 3.63) is 18.0 Å². The van der Waals surface area contributed by atoms with Crippen molar-refractivity contribution in [1.82, 2.24) is 14.8 Å². The molecule has 1 fully saturated rings. The van der Waals surface area contributed by atoms with Crippen LogP contribution in [0.3, 0.4) is 0 Å². The summed E-state index contributed by atoms with van der Waals surface area (Å²) < 4.78 is 1.89. The van der Waals surface area contributed by atoms with Gasteiger partial charge in [0.15, 0.2) is 0 Å². The Bertz CT molecular complexity index is 433. The number of nitrogens with two attached hydrogens (primary N) is 1. The number of carbonyl (C=O) groups excluding carboxylic acids is 1. The second-order valence-electron chi connectivity index (χ2n) is 5.46. The number of nitrogens with zero attached hydrogens (tertiary/aromatic N) is 2. The first kappa shape index (κ1) is 14.9. The van der Waals surface area contributed by atoms with Crippen LogP contribution in [-0.2, 0) is 6.54 Å². The van der Waals surface area contributed by atoms with Crippen molar-refractivity contribution in [2.45, 2.75) is 39.2 Å². The van der Waals surface area contributed by atoms with Crippen molar-refractivity contribution in [3.63, 3.8) is 0 Å². The van der Waals surface area contributed by atoms with Gasteiger partial charge in [0.05, 0.1) is 5.69 Å². The number of rotatable bonds is 5. The van der Waals surface area contributed by atoms with Crippen LogP contribution < -0.4 is 11.1 Å². The first-order valence-electron chi connectivity index (χ1n) is 7.67. The quantitative estimate of drug-likeness (QED) is 0.861. The van der Waals surface area contributed by atoms with Crippen LogP contribution in [0.1, 0.15) is 43.1 Å². The van der Waals surface area contributed by atoms with Crippen LogP contribution in [0.25, 0.3) is 0 Å². The van der Waals surface area contributed by atoms with E-state index >= 15 is 0 Å². The zero-order valence-electron chi connectivity index (χ0n) is 12.4. The van der Waals surface area contributed by atoms with Gasteiger partial charge in [0.2, 0.25) is 0 Å². The lowest BCUT2D eigenvalue weighted by atomic mass is 10.2. The van der Waals surface area contributed by atoms with Gasteiger partial charge in [-0.25, -0.2) is 0 Å². The second kappa shape index (κ2) is 7.33. The van der Waals surface area contributed by atoms with Crippen molar-refractivity contribution in [1.29, 1.82) is 0 Å². The molecule has 0 unspecified atom stereocenters. The van der Waals surface area contributed by atoms with E-state index in [1.54, 1.807) is 6.07 Å². The molecule has 1 aliphatic heterocycles. The van der Waals surface area contributed by atoms with E-state index in [0.29, 0.717) is 17.9 Å². The lowest BCUT2D eigenvalue weighted by molar-refractivity contribution is 0.0939. The number of hydrogen-bond donors (Lipinski definition) is 2. The smallest absolute Gasteiger partial charge is 0.268 e. The van der Waals surface area contributed by atoms with E-state index in [1.807, 2.05) is 17.7 Å². The summed E-state index contributed by atoms with van der Waals surface area (Å²) in [5.41, 5.74) is 7.04. The molecule has 1 aromatic rings. The maximum Gasteiger partial charge on any atom is 0.268 e. The first-order valence-corrected chi connectivity index (χ1v) is 7.67. The van der Waals surface area contributed by atoms with Crippen LogP contribution in [0.4, 0.5) is 5.69 Å². The van der Waals surface area contributed by atoms with Crippen LogP contribution in [0.15, 0.2) is 12.3 Å². The summed E-state index contributed by atoms with van der Waals surface area (Å²) in [6.07, 6.45) is 7.05. The molecule has 2 rings (SSSR count). The number of aromatic nitrogens is 1. The summed E-state index contributed by atoms with van der Waals surface area (Å²) >= 11 is 0. The van der Waals surface area contributed by atoms with Gasteiger partial charge in [-0.05, 0) is 38.9 Å². The number of nitrogens with one attached hydrogen (secondary N) is 1. The minimum absolute atomic E-state index is 0.0293. The zero-order chi connectivity index (χ0) is 14.4. The van der Waals surface area contributed by atoms with Gasteiger partial charge < -0.3 is 20.5 Å². The number of nitrogen functional groups attached to an aromatic ring is 1. The summed E-state index contributed by atoms with van der Waals surface area (Å²) in [4.78, 5) is 14.6. The van der Waals surface area contributed by atoms with E-state index in [9.17, 15) is 4.79 Å². The molecule has 112 valence electrons. The number of carbonyl (C=O) groups is 1. The van der Waals surface area contributed by atoms with Gasteiger partial charge >= 0.3 is 0 Å². The number of likely N-dealkylation sites (tertiary alicyclic amines) is 1. The third kappa shape index (κ3) is 4.00. The summed E-state index contributed by atoms with van der Waals surface area (Å²) in [6, 6.07) is 1.74. The molecular weight excluding hydrogens is 252 g/mol. The third-order valence-corrected chi connectivity index (χ3v) is 3.90. The van der Waals surface area contributed by atoms with Crippen molar-refractivity contribution < 1.29 is 4.79 Å². The molecule has 5 nitrogen and oxygen atoms in total. The number of anilines is 1. The van der Waals surface area contributed by atoms with Gasteiger partial charge in [0.25, 0.3) is 5.91 Å². The summed E-state index contributed by atoms with van der Waals surface area (Å²) in [5, 5.41) is 3.00. The summed E-state index contributed by atoms with van der Waals surface area (Å²) in [7, 11) is 0. The van der Waals surface area contributed by atoms with Crippen molar-refractivity contribution in [3.8, 4) is 0 Å². The largest absolute Gasteiger partial charge is 0.397 e. The number of amides is 1. The molecule has 2 heterocycles. The molecule has 0 aliphatic carbocycles. The standard InChI is InChI=1S/C15H26N4O/c1-2-19-12-13(16)11-14(19)15(20)17-7-10-18-8-5-3-4-6-9-18/h11-12H,2-10,16H2,1H3,(H,17,20). The summed E-state index contributed by atoms with van der Waals surface area (Å²) in [6.45, 7) is 6.73. The van der Waals surface area contributed by atoms with Crippen molar-refractivity contribution in [2.24, 2.45) is 0 Å². The molecule has 0 spiro atoms. The zero-order valence-corrected chi connectivity index (χ0v) is 12.4. The molecule has 1 aromatic heterocycles.